The molecule has 1 aromatic rings. The van der Waals surface area contributed by atoms with E-state index in [2.05, 4.69) is 0 Å². The van der Waals surface area contributed by atoms with Gasteiger partial charge in [0.2, 0.25) is 0 Å². The molecule has 0 spiro atoms. The Morgan fingerprint density at radius 3 is 2.39 bits per heavy atom. The van der Waals surface area contributed by atoms with Gasteiger partial charge in [0.05, 0.1) is 20.6 Å². The normalized spacial score (nSPS) is 11.2. The lowest BCUT2D eigenvalue weighted by molar-refractivity contribution is -0.138. The minimum absolute atomic E-state index is 0.00792. The number of aliphatic carboxylic acids is 1. The van der Waals surface area contributed by atoms with Crippen LogP contribution in [0.5, 0.6) is 11.5 Å². The Hall–Kier alpha value is -1.42. The Morgan fingerprint density at radius 2 is 1.94 bits per heavy atom. The molecular formula is C13H17ClO4. The minimum Gasteiger partial charge on any atom is -0.495 e. The molecule has 0 bridgehead atoms. The van der Waals surface area contributed by atoms with Crippen molar-refractivity contribution in [2.45, 2.75) is 25.7 Å². The summed E-state index contributed by atoms with van der Waals surface area (Å²) in [5.74, 6) is 0.0969. The lowest BCUT2D eigenvalue weighted by atomic mass is 9.81. The van der Waals surface area contributed by atoms with Crippen molar-refractivity contribution in [3.05, 3.63) is 22.7 Å². The third-order valence-electron chi connectivity index (χ3n) is 2.81. The molecule has 0 saturated heterocycles. The van der Waals surface area contributed by atoms with Gasteiger partial charge in [-0.25, -0.2) is 0 Å². The summed E-state index contributed by atoms with van der Waals surface area (Å²) < 4.78 is 10.4. The Labute approximate surface area is 111 Å². The zero-order valence-corrected chi connectivity index (χ0v) is 11.7. The predicted octanol–water partition coefficient (Wildman–Crippen LogP) is 3.11. The second kappa shape index (κ2) is 5.48. The van der Waals surface area contributed by atoms with E-state index >= 15 is 0 Å². The summed E-state index contributed by atoms with van der Waals surface area (Å²) in [6, 6.07) is 3.50. The highest BCUT2D eigenvalue weighted by Crippen LogP contribution is 2.43. The van der Waals surface area contributed by atoms with Crippen molar-refractivity contribution in [1.82, 2.24) is 0 Å². The SMILES string of the molecule is COc1ccc(C(C)(C)CC(=O)O)c(OC)c1Cl. The second-order valence-electron chi connectivity index (χ2n) is 4.62. The number of hydrogen-bond donors (Lipinski definition) is 1. The lowest BCUT2D eigenvalue weighted by Gasteiger charge is -2.26. The average molecular weight is 273 g/mol. The van der Waals surface area contributed by atoms with Crippen LogP contribution in [0.3, 0.4) is 0 Å². The Bertz CT molecular complexity index is 455. The molecule has 0 heterocycles. The summed E-state index contributed by atoms with van der Waals surface area (Å²) in [5, 5.41) is 9.30. The van der Waals surface area contributed by atoms with Crippen molar-refractivity contribution >= 4 is 17.6 Å². The van der Waals surface area contributed by atoms with Crippen LogP contribution in [0.25, 0.3) is 0 Å². The number of ether oxygens (including phenoxy) is 2. The van der Waals surface area contributed by atoms with E-state index in [1.54, 1.807) is 12.1 Å². The first kappa shape index (κ1) is 14.6. The van der Waals surface area contributed by atoms with E-state index in [0.29, 0.717) is 16.5 Å². The maximum absolute atomic E-state index is 10.9. The third kappa shape index (κ3) is 2.88. The van der Waals surface area contributed by atoms with Gasteiger partial charge in [-0.05, 0) is 6.07 Å². The largest absolute Gasteiger partial charge is 0.495 e. The maximum Gasteiger partial charge on any atom is 0.304 e. The summed E-state index contributed by atoms with van der Waals surface area (Å²) in [5.41, 5.74) is 0.172. The van der Waals surface area contributed by atoms with E-state index in [-0.39, 0.29) is 6.42 Å². The highest BCUT2D eigenvalue weighted by atomic mass is 35.5. The van der Waals surface area contributed by atoms with Gasteiger partial charge in [-0.1, -0.05) is 31.5 Å². The molecule has 4 nitrogen and oxygen atoms in total. The number of hydrogen-bond acceptors (Lipinski definition) is 3. The molecule has 0 unspecified atom stereocenters. The van der Waals surface area contributed by atoms with E-state index in [4.69, 9.17) is 26.2 Å². The van der Waals surface area contributed by atoms with Crippen LogP contribution < -0.4 is 9.47 Å². The van der Waals surface area contributed by atoms with Crippen LogP contribution >= 0.6 is 11.6 Å². The Morgan fingerprint density at radius 1 is 1.33 bits per heavy atom. The molecule has 0 atom stereocenters. The van der Waals surface area contributed by atoms with Gasteiger partial charge in [-0.2, -0.15) is 0 Å². The Balaban J connectivity index is 3.32. The highest BCUT2D eigenvalue weighted by Gasteiger charge is 2.29. The van der Waals surface area contributed by atoms with Gasteiger partial charge in [-0.3, -0.25) is 4.79 Å². The monoisotopic (exact) mass is 272 g/mol. The first-order valence-corrected chi connectivity index (χ1v) is 5.84. The second-order valence-corrected chi connectivity index (χ2v) is 4.99. The molecule has 0 aromatic heterocycles. The van der Waals surface area contributed by atoms with Crippen LogP contribution in [0.2, 0.25) is 5.02 Å². The van der Waals surface area contributed by atoms with Gasteiger partial charge in [0.15, 0.2) is 0 Å². The molecule has 5 heteroatoms. The molecule has 0 aliphatic carbocycles. The molecule has 0 saturated carbocycles. The number of halogens is 1. The zero-order valence-electron chi connectivity index (χ0n) is 10.9. The standard InChI is InChI=1S/C13H17ClO4/c1-13(2,7-10(15)16)8-5-6-9(17-3)11(14)12(8)18-4/h5-6H,7H2,1-4H3,(H,15,16). The van der Waals surface area contributed by atoms with Gasteiger partial charge in [0, 0.05) is 11.0 Å². The van der Waals surface area contributed by atoms with Gasteiger partial charge < -0.3 is 14.6 Å². The molecule has 0 fully saturated rings. The molecule has 0 radical (unpaired) electrons. The molecule has 100 valence electrons. The summed E-state index contributed by atoms with van der Waals surface area (Å²) in [7, 11) is 3.02. The molecule has 0 aliphatic heterocycles. The van der Waals surface area contributed by atoms with Crippen molar-refractivity contribution in [1.29, 1.82) is 0 Å². The van der Waals surface area contributed by atoms with Crippen LogP contribution in [0.4, 0.5) is 0 Å². The molecule has 18 heavy (non-hydrogen) atoms. The molecule has 1 rings (SSSR count). The lowest BCUT2D eigenvalue weighted by Crippen LogP contribution is -2.22. The predicted molar refractivity (Wildman–Crippen MR) is 69.8 cm³/mol. The van der Waals surface area contributed by atoms with Gasteiger partial charge in [-0.15, -0.1) is 0 Å². The number of rotatable bonds is 5. The number of carboxylic acids is 1. The van der Waals surface area contributed by atoms with E-state index in [1.807, 2.05) is 13.8 Å². The fourth-order valence-corrected chi connectivity index (χ4v) is 2.22. The molecule has 0 aliphatic rings. The number of methoxy groups -OCH3 is 2. The summed E-state index contributed by atoms with van der Waals surface area (Å²) in [4.78, 5) is 10.9. The van der Waals surface area contributed by atoms with Crippen molar-refractivity contribution in [3.8, 4) is 11.5 Å². The summed E-state index contributed by atoms with van der Waals surface area (Å²) in [6.45, 7) is 3.67. The van der Waals surface area contributed by atoms with Gasteiger partial charge in [0.25, 0.3) is 0 Å². The first-order chi connectivity index (χ1) is 8.33. The number of benzene rings is 1. The fraction of sp³-hybridized carbons (Fsp3) is 0.462. The summed E-state index contributed by atoms with van der Waals surface area (Å²) in [6.07, 6.45) is -0.00792. The molecule has 1 aromatic carbocycles. The minimum atomic E-state index is -0.867. The number of carbonyl (C=O) groups is 1. The zero-order chi connectivity index (χ0) is 13.9. The van der Waals surface area contributed by atoms with Crippen molar-refractivity contribution in [2.75, 3.05) is 14.2 Å². The van der Waals surface area contributed by atoms with Crippen molar-refractivity contribution in [3.63, 3.8) is 0 Å². The first-order valence-electron chi connectivity index (χ1n) is 5.46. The molecular weight excluding hydrogens is 256 g/mol. The van der Waals surface area contributed by atoms with Crippen LogP contribution in [0.1, 0.15) is 25.8 Å². The van der Waals surface area contributed by atoms with Gasteiger partial charge >= 0.3 is 5.97 Å². The van der Waals surface area contributed by atoms with Crippen LogP contribution in [-0.4, -0.2) is 25.3 Å². The quantitative estimate of drug-likeness (QED) is 0.895. The number of carboxylic acid groups (broad SMARTS) is 1. The van der Waals surface area contributed by atoms with E-state index in [9.17, 15) is 4.79 Å². The Kier molecular flexibility index (Phi) is 4.46. The van der Waals surface area contributed by atoms with E-state index in [0.717, 1.165) is 5.56 Å². The summed E-state index contributed by atoms with van der Waals surface area (Å²) >= 11 is 6.16. The average Bonchev–Trinajstić information content (AvgIpc) is 2.26. The topological polar surface area (TPSA) is 55.8 Å². The van der Waals surface area contributed by atoms with Crippen LogP contribution in [0.15, 0.2) is 12.1 Å². The van der Waals surface area contributed by atoms with E-state index < -0.39 is 11.4 Å². The molecule has 1 N–H and O–H groups in total. The van der Waals surface area contributed by atoms with Crippen molar-refractivity contribution in [2.24, 2.45) is 0 Å². The van der Waals surface area contributed by atoms with Gasteiger partial charge in [0.1, 0.15) is 16.5 Å². The van der Waals surface area contributed by atoms with Crippen molar-refractivity contribution < 1.29 is 19.4 Å². The van der Waals surface area contributed by atoms with Crippen LogP contribution in [0, 0.1) is 0 Å². The smallest absolute Gasteiger partial charge is 0.304 e. The molecule has 0 amide bonds. The highest BCUT2D eigenvalue weighted by molar-refractivity contribution is 6.33. The maximum atomic E-state index is 10.9. The van der Waals surface area contributed by atoms with E-state index in [1.165, 1.54) is 14.2 Å². The fourth-order valence-electron chi connectivity index (χ4n) is 1.90. The van der Waals surface area contributed by atoms with Crippen LogP contribution in [-0.2, 0) is 10.2 Å². The third-order valence-corrected chi connectivity index (χ3v) is 3.17.